The first-order valence-electron chi connectivity index (χ1n) is 8.17. The molecule has 1 fully saturated rings. The second-order valence-electron chi connectivity index (χ2n) is 6.31. The molecule has 6 heteroatoms. The van der Waals surface area contributed by atoms with E-state index in [0.29, 0.717) is 6.54 Å². The molecule has 2 atom stereocenters. The zero-order valence-electron chi connectivity index (χ0n) is 14.4. The fourth-order valence-electron chi connectivity index (χ4n) is 3.24. The molecule has 0 bridgehead atoms. The second-order valence-corrected chi connectivity index (χ2v) is 6.31. The molecule has 1 aromatic carbocycles. The fraction of sp³-hybridized carbons (Fsp3) is 0.444. The van der Waals surface area contributed by atoms with Crippen molar-refractivity contribution in [1.82, 2.24) is 20.0 Å². The van der Waals surface area contributed by atoms with Crippen LogP contribution < -0.4 is 5.32 Å². The van der Waals surface area contributed by atoms with Crippen LogP contribution in [0.5, 0.6) is 0 Å². The Morgan fingerprint density at radius 3 is 2.75 bits per heavy atom. The standard InChI is InChI=1S/C18H24N4O2/c1-21-12-15(24-3)9-16(21)18(23)19-10-14-11-22(2)20-17(14)13-7-5-4-6-8-13/h4-8,11,15-16H,9-10,12H2,1-3H3,(H,19,23)/t15-,16-/m0/s1. The van der Waals surface area contributed by atoms with Crippen molar-refractivity contribution in [3.63, 3.8) is 0 Å². The number of benzene rings is 1. The highest BCUT2D eigenvalue weighted by Gasteiger charge is 2.34. The molecule has 1 N–H and O–H groups in total. The van der Waals surface area contributed by atoms with Crippen LogP contribution in [0, 0.1) is 0 Å². The number of methoxy groups -OCH3 is 1. The van der Waals surface area contributed by atoms with Gasteiger partial charge in [-0.1, -0.05) is 30.3 Å². The SMILES string of the molecule is CO[C@H]1C[C@@H](C(=O)NCc2cn(C)nc2-c2ccccc2)N(C)C1. The number of nitrogens with one attached hydrogen (secondary N) is 1. The molecule has 2 heterocycles. The van der Waals surface area contributed by atoms with Crippen LogP contribution in [0.1, 0.15) is 12.0 Å². The number of rotatable bonds is 5. The number of likely N-dealkylation sites (N-methyl/N-ethyl adjacent to an activating group) is 1. The molecular formula is C18H24N4O2. The van der Waals surface area contributed by atoms with Crippen LogP contribution in [-0.2, 0) is 23.1 Å². The third-order valence-corrected chi connectivity index (χ3v) is 4.55. The minimum Gasteiger partial charge on any atom is -0.380 e. The Labute approximate surface area is 142 Å². The maximum absolute atomic E-state index is 12.5. The number of aromatic nitrogens is 2. The monoisotopic (exact) mass is 328 g/mol. The van der Waals surface area contributed by atoms with Crippen LogP contribution in [0.15, 0.2) is 36.5 Å². The van der Waals surface area contributed by atoms with Gasteiger partial charge >= 0.3 is 0 Å². The normalized spacial score (nSPS) is 21.1. The summed E-state index contributed by atoms with van der Waals surface area (Å²) in [5.74, 6) is 0.0416. The van der Waals surface area contributed by atoms with Gasteiger partial charge in [-0.25, -0.2) is 0 Å². The number of amides is 1. The van der Waals surface area contributed by atoms with Gasteiger partial charge in [0, 0.05) is 44.6 Å². The lowest BCUT2D eigenvalue weighted by Crippen LogP contribution is -2.41. The maximum atomic E-state index is 12.5. The molecular weight excluding hydrogens is 304 g/mol. The first kappa shape index (κ1) is 16.7. The summed E-state index contributed by atoms with van der Waals surface area (Å²) in [6.07, 6.45) is 2.82. The van der Waals surface area contributed by atoms with E-state index in [0.717, 1.165) is 29.8 Å². The van der Waals surface area contributed by atoms with Crippen LogP contribution in [-0.4, -0.2) is 53.4 Å². The van der Waals surface area contributed by atoms with E-state index in [1.165, 1.54) is 0 Å². The number of nitrogens with zero attached hydrogens (tertiary/aromatic N) is 3. The van der Waals surface area contributed by atoms with Crippen molar-refractivity contribution < 1.29 is 9.53 Å². The molecule has 2 aromatic rings. The molecule has 1 aliphatic rings. The molecule has 1 aliphatic heterocycles. The van der Waals surface area contributed by atoms with Crippen LogP contribution >= 0.6 is 0 Å². The van der Waals surface area contributed by atoms with Gasteiger partial charge in [0.1, 0.15) is 0 Å². The molecule has 0 aliphatic carbocycles. The maximum Gasteiger partial charge on any atom is 0.237 e. The summed E-state index contributed by atoms with van der Waals surface area (Å²) in [5, 5.41) is 7.58. The van der Waals surface area contributed by atoms with Gasteiger partial charge in [0.05, 0.1) is 17.8 Å². The first-order valence-corrected chi connectivity index (χ1v) is 8.17. The van der Waals surface area contributed by atoms with E-state index < -0.39 is 0 Å². The lowest BCUT2D eigenvalue weighted by molar-refractivity contribution is -0.125. The third kappa shape index (κ3) is 3.49. The van der Waals surface area contributed by atoms with E-state index in [2.05, 4.69) is 10.4 Å². The van der Waals surface area contributed by atoms with Gasteiger partial charge in [0.2, 0.25) is 5.91 Å². The van der Waals surface area contributed by atoms with Gasteiger partial charge in [0.15, 0.2) is 0 Å². The van der Waals surface area contributed by atoms with E-state index >= 15 is 0 Å². The lowest BCUT2D eigenvalue weighted by Gasteiger charge is -2.18. The molecule has 0 unspecified atom stereocenters. The lowest BCUT2D eigenvalue weighted by atomic mass is 10.1. The average Bonchev–Trinajstić information content (AvgIpc) is 3.16. The summed E-state index contributed by atoms with van der Waals surface area (Å²) < 4.78 is 7.15. The molecule has 24 heavy (non-hydrogen) atoms. The number of ether oxygens (including phenoxy) is 1. The average molecular weight is 328 g/mol. The highest BCUT2D eigenvalue weighted by molar-refractivity contribution is 5.82. The Kier molecular flexibility index (Phi) is 4.97. The summed E-state index contributed by atoms with van der Waals surface area (Å²) in [7, 11) is 5.55. The summed E-state index contributed by atoms with van der Waals surface area (Å²) in [6, 6.07) is 9.89. The van der Waals surface area contributed by atoms with Gasteiger partial charge in [-0.3, -0.25) is 14.4 Å². The van der Waals surface area contributed by atoms with Gasteiger partial charge in [-0.15, -0.1) is 0 Å². The minimum absolute atomic E-state index is 0.0416. The molecule has 0 spiro atoms. The van der Waals surface area contributed by atoms with Crippen molar-refractivity contribution in [2.24, 2.45) is 7.05 Å². The van der Waals surface area contributed by atoms with Gasteiger partial charge in [-0.05, 0) is 13.5 Å². The molecule has 128 valence electrons. The van der Waals surface area contributed by atoms with Crippen LogP contribution in [0.25, 0.3) is 11.3 Å². The highest BCUT2D eigenvalue weighted by Crippen LogP contribution is 2.22. The largest absolute Gasteiger partial charge is 0.380 e. The summed E-state index contributed by atoms with van der Waals surface area (Å²) in [4.78, 5) is 14.6. The Morgan fingerprint density at radius 2 is 2.08 bits per heavy atom. The molecule has 1 amide bonds. The highest BCUT2D eigenvalue weighted by atomic mass is 16.5. The van der Waals surface area contributed by atoms with Crippen molar-refractivity contribution in [1.29, 1.82) is 0 Å². The van der Waals surface area contributed by atoms with E-state index in [1.807, 2.05) is 55.5 Å². The molecule has 3 rings (SSSR count). The number of carbonyl (C=O) groups excluding carboxylic acids is 1. The van der Waals surface area contributed by atoms with E-state index in [-0.39, 0.29) is 18.1 Å². The van der Waals surface area contributed by atoms with Gasteiger partial charge < -0.3 is 10.1 Å². The van der Waals surface area contributed by atoms with Gasteiger partial charge in [-0.2, -0.15) is 5.10 Å². The molecule has 0 saturated carbocycles. The number of hydrogen-bond donors (Lipinski definition) is 1. The van der Waals surface area contributed by atoms with Crippen LogP contribution in [0.4, 0.5) is 0 Å². The quantitative estimate of drug-likeness (QED) is 0.902. The van der Waals surface area contributed by atoms with Crippen molar-refractivity contribution in [3.8, 4) is 11.3 Å². The van der Waals surface area contributed by atoms with Gasteiger partial charge in [0.25, 0.3) is 0 Å². The smallest absolute Gasteiger partial charge is 0.237 e. The Morgan fingerprint density at radius 1 is 1.33 bits per heavy atom. The number of aryl methyl sites for hydroxylation is 1. The zero-order valence-corrected chi connectivity index (χ0v) is 14.4. The number of hydrogen-bond acceptors (Lipinski definition) is 4. The predicted molar refractivity (Wildman–Crippen MR) is 92.3 cm³/mol. The Hall–Kier alpha value is -2.18. The van der Waals surface area contributed by atoms with Crippen LogP contribution in [0.2, 0.25) is 0 Å². The van der Waals surface area contributed by atoms with E-state index in [9.17, 15) is 4.79 Å². The summed E-state index contributed by atoms with van der Waals surface area (Å²) in [6.45, 7) is 1.26. The second kappa shape index (κ2) is 7.15. The summed E-state index contributed by atoms with van der Waals surface area (Å²) >= 11 is 0. The third-order valence-electron chi connectivity index (χ3n) is 4.55. The summed E-state index contributed by atoms with van der Waals surface area (Å²) in [5.41, 5.74) is 2.98. The van der Waals surface area contributed by atoms with E-state index in [1.54, 1.807) is 11.8 Å². The first-order chi connectivity index (χ1) is 11.6. The number of carbonyl (C=O) groups is 1. The molecule has 0 radical (unpaired) electrons. The van der Waals surface area contributed by atoms with Crippen LogP contribution in [0.3, 0.4) is 0 Å². The van der Waals surface area contributed by atoms with Crippen molar-refractivity contribution in [3.05, 3.63) is 42.1 Å². The minimum atomic E-state index is -0.133. The Balaban J connectivity index is 1.68. The van der Waals surface area contributed by atoms with E-state index in [4.69, 9.17) is 4.74 Å². The molecule has 6 nitrogen and oxygen atoms in total. The Bertz CT molecular complexity index is 698. The predicted octanol–water partition coefficient (Wildman–Crippen LogP) is 1.42. The molecule has 1 saturated heterocycles. The van der Waals surface area contributed by atoms with Crippen molar-refractivity contribution in [2.45, 2.75) is 25.1 Å². The zero-order chi connectivity index (χ0) is 17.1. The van der Waals surface area contributed by atoms with Crippen molar-refractivity contribution in [2.75, 3.05) is 20.7 Å². The number of likely N-dealkylation sites (tertiary alicyclic amines) is 1. The molecule has 1 aromatic heterocycles. The fourth-order valence-corrected chi connectivity index (χ4v) is 3.24. The van der Waals surface area contributed by atoms with Crippen molar-refractivity contribution >= 4 is 5.91 Å². The topological polar surface area (TPSA) is 59.4 Å².